The van der Waals surface area contributed by atoms with Crippen LogP contribution in [0.25, 0.3) is 0 Å². The molecule has 0 fully saturated rings. The van der Waals surface area contributed by atoms with Crippen LogP contribution in [0.1, 0.15) is 42.4 Å². The Morgan fingerprint density at radius 1 is 1.18 bits per heavy atom. The molecule has 0 spiro atoms. The highest BCUT2D eigenvalue weighted by atomic mass is 32.2. The molecule has 0 saturated carbocycles. The van der Waals surface area contributed by atoms with Crippen LogP contribution in [-0.4, -0.2) is 29.5 Å². The Bertz CT molecular complexity index is 726. The number of benzene rings is 1. The van der Waals surface area contributed by atoms with Crippen molar-refractivity contribution in [3.63, 3.8) is 0 Å². The van der Waals surface area contributed by atoms with E-state index in [1.165, 1.54) is 12.1 Å². The lowest BCUT2D eigenvalue weighted by Gasteiger charge is -2.16. The molecule has 0 unspecified atom stereocenters. The normalized spacial score (nSPS) is 11.5. The lowest BCUT2D eigenvalue weighted by Crippen LogP contribution is -2.12. The fourth-order valence-corrected chi connectivity index (χ4v) is 2.17. The fourth-order valence-electron chi connectivity index (χ4n) is 1.69. The number of aryl methyl sites for hydroxylation is 1. The third-order valence-electron chi connectivity index (χ3n) is 2.91. The van der Waals surface area contributed by atoms with Crippen molar-refractivity contribution >= 4 is 16.4 Å². The Morgan fingerprint density at radius 2 is 1.73 bits per heavy atom. The van der Waals surface area contributed by atoms with Crippen molar-refractivity contribution in [1.82, 2.24) is 10.2 Å². The Kier molecular flexibility index (Phi) is 5.62. The molecule has 1 heterocycles. The van der Waals surface area contributed by atoms with Crippen molar-refractivity contribution in [3.05, 3.63) is 47.3 Å². The summed E-state index contributed by atoms with van der Waals surface area (Å²) in [6.07, 6.45) is 2.50. The van der Waals surface area contributed by atoms with Gasteiger partial charge in [0, 0.05) is 5.56 Å². The van der Waals surface area contributed by atoms with Crippen LogP contribution in [-0.2, 0) is 15.5 Å². The number of nitrogens with one attached hydrogen (secondary N) is 1. The molecule has 7 heteroatoms. The first kappa shape index (κ1) is 18.1. The molecule has 6 nitrogen and oxygen atoms in total. The number of hydrogen-bond acceptors (Lipinski definition) is 4. The second kappa shape index (κ2) is 6.85. The van der Waals surface area contributed by atoms with Crippen molar-refractivity contribution < 1.29 is 17.8 Å². The molecule has 2 N–H and O–H groups in total. The first-order valence-electron chi connectivity index (χ1n) is 6.59. The van der Waals surface area contributed by atoms with Crippen LogP contribution in [0.4, 0.5) is 0 Å². The van der Waals surface area contributed by atoms with Crippen LogP contribution in [0, 0.1) is 6.92 Å². The van der Waals surface area contributed by atoms with Gasteiger partial charge < -0.3 is 0 Å². The van der Waals surface area contributed by atoms with Gasteiger partial charge in [-0.25, -0.2) is 0 Å². The average molecular weight is 324 g/mol. The number of carbonyl (C=O) groups excluding carboxylic acids is 1. The second-order valence-electron chi connectivity index (χ2n) is 5.85. The number of hydrogen-bond donors (Lipinski definition) is 2. The molecule has 120 valence electrons. The van der Waals surface area contributed by atoms with Gasteiger partial charge in [0.15, 0.2) is 6.29 Å². The van der Waals surface area contributed by atoms with Crippen LogP contribution >= 0.6 is 0 Å². The molecular formula is C15H20N2O4S. The van der Waals surface area contributed by atoms with Gasteiger partial charge in [-0.3, -0.25) is 14.4 Å². The van der Waals surface area contributed by atoms with E-state index in [0.29, 0.717) is 5.69 Å². The second-order valence-corrected chi connectivity index (χ2v) is 7.27. The van der Waals surface area contributed by atoms with Crippen LogP contribution in [0.3, 0.4) is 0 Å². The first-order valence-corrected chi connectivity index (χ1v) is 8.03. The van der Waals surface area contributed by atoms with Gasteiger partial charge in [-0.1, -0.05) is 38.5 Å². The summed E-state index contributed by atoms with van der Waals surface area (Å²) in [4.78, 5) is 10.4. The number of aromatic amines is 1. The molecule has 2 aromatic rings. The lowest BCUT2D eigenvalue weighted by molar-refractivity contribution is 0.111. The summed E-state index contributed by atoms with van der Waals surface area (Å²) >= 11 is 0. The molecule has 2 rings (SSSR count). The van der Waals surface area contributed by atoms with Gasteiger partial charge in [-0.05, 0) is 24.5 Å². The standard InChI is InChI=1S/C8H12N2O.C7H8O3S/c1-8(2,3)6-4-9-10-7(6)5-11;1-6-2-4-7(5-3-6)11(8,9)10/h4-5H,1-3H3,(H,9,10);2-5H,1H3,(H,8,9,10). The average Bonchev–Trinajstić information content (AvgIpc) is 2.87. The summed E-state index contributed by atoms with van der Waals surface area (Å²) in [5.41, 5.74) is 2.49. The highest BCUT2D eigenvalue weighted by molar-refractivity contribution is 7.85. The zero-order valence-electron chi connectivity index (χ0n) is 13.0. The highest BCUT2D eigenvalue weighted by Gasteiger charge is 2.18. The molecule has 0 aliphatic heterocycles. The molecule has 0 radical (unpaired) electrons. The molecule has 1 aromatic carbocycles. The van der Waals surface area contributed by atoms with Gasteiger partial charge in [0.1, 0.15) is 5.69 Å². The van der Waals surface area contributed by atoms with E-state index >= 15 is 0 Å². The summed E-state index contributed by atoms with van der Waals surface area (Å²) < 4.78 is 29.6. The van der Waals surface area contributed by atoms with E-state index in [9.17, 15) is 13.2 Å². The van der Waals surface area contributed by atoms with E-state index in [4.69, 9.17) is 4.55 Å². The van der Waals surface area contributed by atoms with Crippen LogP contribution in [0.15, 0.2) is 35.4 Å². The largest absolute Gasteiger partial charge is 0.296 e. The third kappa shape index (κ3) is 5.09. The minimum Gasteiger partial charge on any atom is -0.296 e. The third-order valence-corrected chi connectivity index (χ3v) is 3.78. The number of aromatic nitrogens is 2. The molecule has 1 aromatic heterocycles. The van der Waals surface area contributed by atoms with Gasteiger partial charge in [-0.2, -0.15) is 13.5 Å². The predicted molar refractivity (Wildman–Crippen MR) is 83.7 cm³/mol. The molecule has 0 atom stereocenters. The maximum absolute atomic E-state index is 10.5. The van der Waals surface area contributed by atoms with E-state index < -0.39 is 10.1 Å². The summed E-state index contributed by atoms with van der Waals surface area (Å²) in [5.74, 6) is 0. The van der Waals surface area contributed by atoms with E-state index in [-0.39, 0.29) is 10.3 Å². The maximum atomic E-state index is 10.5. The zero-order valence-corrected chi connectivity index (χ0v) is 13.8. The van der Waals surface area contributed by atoms with Crippen molar-refractivity contribution in [2.75, 3.05) is 0 Å². The SMILES string of the molecule is CC(C)(C)c1cn[nH]c1C=O.Cc1ccc(S(=O)(=O)O)cc1. The molecule has 0 aliphatic carbocycles. The van der Waals surface area contributed by atoms with Gasteiger partial charge in [-0.15, -0.1) is 0 Å². The molecule has 0 saturated heterocycles. The minimum absolute atomic E-state index is 0.0107. The molecule has 22 heavy (non-hydrogen) atoms. The van der Waals surface area contributed by atoms with Crippen molar-refractivity contribution in [3.8, 4) is 0 Å². The highest BCUT2D eigenvalue weighted by Crippen LogP contribution is 2.22. The summed E-state index contributed by atoms with van der Waals surface area (Å²) in [6, 6.07) is 5.99. The number of H-pyrrole nitrogens is 1. The lowest BCUT2D eigenvalue weighted by atomic mass is 9.88. The molecule has 0 amide bonds. The molecular weight excluding hydrogens is 304 g/mol. The van der Waals surface area contributed by atoms with Gasteiger partial charge >= 0.3 is 0 Å². The monoisotopic (exact) mass is 324 g/mol. The van der Waals surface area contributed by atoms with Crippen LogP contribution in [0.5, 0.6) is 0 Å². The maximum Gasteiger partial charge on any atom is 0.294 e. The van der Waals surface area contributed by atoms with Crippen molar-refractivity contribution in [2.45, 2.75) is 38.0 Å². The van der Waals surface area contributed by atoms with E-state index in [0.717, 1.165) is 17.4 Å². The Morgan fingerprint density at radius 3 is 2.09 bits per heavy atom. The Labute approximate surface area is 130 Å². The number of aldehydes is 1. The van der Waals surface area contributed by atoms with Crippen LogP contribution < -0.4 is 0 Å². The quantitative estimate of drug-likeness (QED) is 0.653. The van der Waals surface area contributed by atoms with Crippen LogP contribution in [0.2, 0.25) is 0 Å². The number of rotatable bonds is 2. The fraction of sp³-hybridized carbons (Fsp3) is 0.333. The topological polar surface area (TPSA) is 100 Å². The molecule has 0 bridgehead atoms. The van der Waals surface area contributed by atoms with Gasteiger partial charge in [0.25, 0.3) is 10.1 Å². The Hall–Kier alpha value is -1.99. The summed E-state index contributed by atoms with van der Waals surface area (Å²) in [5, 5.41) is 6.45. The van der Waals surface area contributed by atoms with Crippen molar-refractivity contribution in [1.29, 1.82) is 0 Å². The van der Waals surface area contributed by atoms with E-state index in [1.807, 2.05) is 27.7 Å². The zero-order chi connectivity index (χ0) is 17.0. The van der Waals surface area contributed by atoms with E-state index in [1.54, 1.807) is 18.3 Å². The van der Waals surface area contributed by atoms with E-state index in [2.05, 4.69) is 10.2 Å². The number of carbonyl (C=O) groups is 1. The van der Waals surface area contributed by atoms with Gasteiger partial charge in [0.2, 0.25) is 0 Å². The minimum atomic E-state index is -4.02. The Balaban J connectivity index is 0.000000220. The van der Waals surface area contributed by atoms with Gasteiger partial charge in [0.05, 0.1) is 11.1 Å². The van der Waals surface area contributed by atoms with Crippen molar-refractivity contribution in [2.24, 2.45) is 0 Å². The predicted octanol–water partition coefficient (Wildman–Crippen LogP) is 2.76. The first-order chi connectivity index (χ1) is 10.1. The smallest absolute Gasteiger partial charge is 0.294 e. The molecule has 0 aliphatic rings. The summed E-state index contributed by atoms with van der Waals surface area (Å²) in [6.45, 7) is 7.98. The summed E-state index contributed by atoms with van der Waals surface area (Å²) in [7, 11) is -4.02. The number of nitrogens with zero attached hydrogens (tertiary/aromatic N) is 1.